The van der Waals surface area contributed by atoms with E-state index in [1.54, 1.807) is 35.8 Å². The summed E-state index contributed by atoms with van der Waals surface area (Å²) < 4.78 is 6.66. The van der Waals surface area contributed by atoms with Gasteiger partial charge in [0, 0.05) is 11.9 Å². The van der Waals surface area contributed by atoms with Gasteiger partial charge in [0.15, 0.2) is 5.82 Å². The summed E-state index contributed by atoms with van der Waals surface area (Å²) in [7, 11) is 0. The van der Waals surface area contributed by atoms with Crippen molar-refractivity contribution in [2.45, 2.75) is 20.8 Å². The largest absolute Gasteiger partial charge is 0.462 e. The molecule has 25 heavy (non-hydrogen) atoms. The van der Waals surface area contributed by atoms with Crippen LogP contribution < -0.4 is 5.32 Å². The summed E-state index contributed by atoms with van der Waals surface area (Å²) in [5.41, 5.74) is 3.76. The van der Waals surface area contributed by atoms with Crippen molar-refractivity contribution in [3.63, 3.8) is 0 Å². The van der Waals surface area contributed by atoms with E-state index in [2.05, 4.69) is 20.6 Å². The number of esters is 1. The van der Waals surface area contributed by atoms with Crippen LogP contribution in [-0.4, -0.2) is 27.2 Å². The number of nitroso groups, excluding NO2 is 1. The Morgan fingerprint density at radius 3 is 2.88 bits per heavy atom. The van der Waals surface area contributed by atoms with Gasteiger partial charge in [-0.1, -0.05) is 6.07 Å². The van der Waals surface area contributed by atoms with Crippen LogP contribution in [0, 0.1) is 18.8 Å². The number of nitrogens with zero attached hydrogens (tertiary/aromatic N) is 4. The summed E-state index contributed by atoms with van der Waals surface area (Å²) in [4.78, 5) is 27.1. The molecule has 2 aromatic heterocycles. The van der Waals surface area contributed by atoms with Crippen molar-refractivity contribution >= 4 is 28.7 Å². The van der Waals surface area contributed by atoms with Crippen LogP contribution in [0.3, 0.4) is 0 Å². The van der Waals surface area contributed by atoms with E-state index in [-0.39, 0.29) is 0 Å². The lowest BCUT2D eigenvalue weighted by Crippen LogP contribution is -2.04. The molecule has 0 radical (unpaired) electrons. The van der Waals surface area contributed by atoms with E-state index in [0.717, 1.165) is 5.56 Å². The second-order valence-corrected chi connectivity index (χ2v) is 5.51. The Balaban J connectivity index is 2.08. The van der Waals surface area contributed by atoms with Crippen LogP contribution in [0.15, 0.2) is 35.9 Å². The first-order valence-corrected chi connectivity index (χ1v) is 7.76. The van der Waals surface area contributed by atoms with Crippen molar-refractivity contribution in [2.75, 3.05) is 11.9 Å². The quantitative estimate of drug-likeness (QED) is 0.562. The molecule has 1 aromatic carbocycles. The third-order valence-electron chi connectivity index (χ3n) is 3.90. The molecule has 0 aliphatic heterocycles. The number of aryl methyl sites for hydroxylation is 2. The Bertz CT molecular complexity index is 964. The minimum Gasteiger partial charge on any atom is -0.462 e. The summed E-state index contributed by atoms with van der Waals surface area (Å²) in [6.07, 6.45) is 3.01. The van der Waals surface area contributed by atoms with Crippen LogP contribution in [0.25, 0.3) is 5.52 Å². The van der Waals surface area contributed by atoms with Crippen LogP contribution in [-0.2, 0) is 4.74 Å². The molecule has 0 aliphatic carbocycles. The Morgan fingerprint density at radius 1 is 1.36 bits per heavy atom. The molecule has 0 saturated carbocycles. The van der Waals surface area contributed by atoms with E-state index < -0.39 is 5.97 Å². The maximum absolute atomic E-state index is 12.1. The van der Waals surface area contributed by atoms with Crippen molar-refractivity contribution in [3.05, 3.63) is 52.3 Å². The molecule has 128 valence electrons. The van der Waals surface area contributed by atoms with Crippen LogP contribution in [0.1, 0.15) is 28.4 Å². The molecule has 3 rings (SSSR count). The zero-order valence-electron chi connectivity index (χ0n) is 14.1. The highest BCUT2D eigenvalue weighted by atomic mass is 16.5. The molecule has 0 unspecified atom stereocenters. The van der Waals surface area contributed by atoms with Gasteiger partial charge in [0.2, 0.25) is 0 Å². The minimum atomic E-state index is -0.403. The van der Waals surface area contributed by atoms with Crippen molar-refractivity contribution < 1.29 is 9.53 Å². The van der Waals surface area contributed by atoms with Gasteiger partial charge in [-0.05, 0) is 49.2 Å². The van der Waals surface area contributed by atoms with E-state index in [0.29, 0.717) is 40.4 Å². The number of carbonyl (C=O) groups excluding carboxylic acids is 1. The average molecular weight is 339 g/mol. The van der Waals surface area contributed by atoms with Crippen molar-refractivity contribution in [2.24, 2.45) is 5.18 Å². The molecule has 8 heteroatoms. The van der Waals surface area contributed by atoms with Crippen LogP contribution in [0.5, 0.6) is 0 Å². The number of hydrogen-bond acceptors (Lipinski definition) is 7. The van der Waals surface area contributed by atoms with Gasteiger partial charge in [-0.3, -0.25) is 0 Å². The molecule has 3 aromatic rings. The van der Waals surface area contributed by atoms with Crippen LogP contribution in [0.2, 0.25) is 0 Å². The second kappa shape index (κ2) is 6.68. The molecule has 1 N–H and O–H groups in total. The number of hydrogen-bond donors (Lipinski definition) is 1. The highest BCUT2D eigenvalue weighted by molar-refractivity contribution is 5.95. The molecule has 0 saturated heterocycles. The van der Waals surface area contributed by atoms with Gasteiger partial charge >= 0.3 is 5.97 Å². The molecule has 8 nitrogen and oxygen atoms in total. The van der Waals surface area contributed by atoms with E-state index >= 15 is 0 Å². The predicted molar refractivity (Wildman–Crippen MR) is 93.6 cm³/mol. The number of benzene rings is 1. The Labute approximate surface area is 143 Å². The molecule has 0 aliphatic rings. The van der Waals surface area contributed by atoms with Crippen molar-refractivity contribution in [1.82, 2.24) is 14.6 Å². The highest BCUT2D eigenvalue weighted by Crippen LogP contribution is 2.29. The number of fused-ring (bicyclic) bond motifs is 1. The molecule has 0 spiro atoms. The average Bonchev–Trinajstić information content (AvgIpc) is 2.95. The lowest BCUT2D eigenvalue weighted by molar-refractivity contribution is 0.0525. The van der Waals surface area contributed by atoms with Gasteiger partial charge < -0.3 is 10.1 Å². The number of aromatic nitrogens is 3. The van der Waals surface area contributed by atoms with Gasteiger partial charge in [-0.2, -0.15) is 5.10 Å². The molecule has 0 amide bonds. The predicted octanol–water partition coefficient (Wildman–Crippen LogP) is 3.66. The summed E-state index contributed by atoms with van der Waals surface area (Å²) in [5, 5.41) is 10.3. The third kappa shape index (κ3) is 3.06. The standard InChI is InChI=1S/C17H17N5O3/c1-4-25-17(23)13-8-22-15(11(13)3)16(18-9-19-22)20-14-7-12(21-24)6-5-10(14)2/h5-9H,4H2,1-3H3,(H,18,19,20). The summed E-state index contributed by atoms with van der Waals surface area (Å²) in [6.45, 7) is 5.77. The molecular weight excluding hydrogens is 322 g/mol. The number of ether oxygens (including phenoxy) is 1. The zero-order valence-corrected chi connectivity index (χ0v) is 14.1. The molecular formula is C17H17N5O3. The molecule has 0 bridgehead atoms. The van der Waals surface area contributed by atoms with Crippen LogP contribution in [0.4, 0.5) is 17.2 Å². The number of nitrogens with one attached hydrogen (secondary N) is 1. The van der Waals surface area contributed by atoms with Gasteiger partial charge in [0.1, 0.15) is 17.5 Å². The minimum absolute atomic E-state index is 0.298. The summed E-state index contributed by atoms with van der Waals surface area (Å²) in [6, 6.07) is 5.09. The van der Waals surface area contributed by atoms with E-state index in [4.69, 9.17) is 4.74 Å². The molecule has 0 fully saturated rings. The lowest BCUT2D eigenvalue weighted by Gasteiger charge is -2.10. The van der Waals surface area contributed by atoms with E-state index in [9.17, 15) is 9.70 Å². The Morgan fingerprint density at radius 2 is 2.16 bits per heavy atom. The first-order chi connectivity index (χ1) is 12.0. The van der Waals surface area contributed by atoms with Gasteiger partial charge in [-0.25, -0.2) is 14.3 Å². The van der Waals surface area contributed by atoms with E-state index in [1.807, 2.05) is 13.8 Å². The van der Waals surface area contributed by atoms with Gasteiger partial charge in [0.25, 0.3) is 0 Å². The monoisotopic (exact) mass is 339 g/mol. The zero-order chi connectivity index (χ0) is 18.0. The smallest absolute Gasteiger partial charge is 0.340 e. The third-order valence-corrected chi connectivity index (χ3v) is 3.90. The normalized spacial score (nSPS) is 10.7. The maximum atomic E-state index is 12.1. The summed E-state index contributed by atoms with van der Waals surface area (Å²) in [5.74, 6) is 0.119. The fraction of sp³-hybridized carbons (Fsp3) is 0.235. The number of anilines is 2. The number of rotatable bonds is 5. The fourth-order valence-electron chi connectivity index (χ4n) is 2.60. The fourth-order valence-corrected chi connectivity index (χ4v) is 2.60. The first kappa shape index (κ1) is 16.6. The van der Waals surface area contributed by atoms with Crippen molar-refractivity contribution in [1.29, 1.82) is 0 Å². The van der Waals surface area contributed by atoms with Gasteiger partial charge in [-0.15, -0.1) is 4.91 Å². The molecule has 2 heterocycles. The Hall–Kier alpha value is -3.29. The van der Waals surface area contributed by atoms with E-state index in [1.165, 1.54) is 6.33 Å². The summed E-state index contributed by atoms with van der Waals surface area (Å²) >= 11 is 0. The lowest BCUT2D eigenvalue weighted by atomic mass is 10.1. The SMILES string of the molecule is CCOC(=O)c1cn2ncnc(Nc3cc(N=O)ccc3C)c2c1C. The number of carbonyl (C=O) groups is 1. The van der Waals surface area contributed by atoms with Gasteiger partial charge in [0.05, 0.1) is 12.2 Å². The highest BCUT2D eigenvalue weighted by Gasteiger charge is 2.19. The topological polar surface area (TPSA) is 97.9 Å². The first-order valence-electron chi connectivity index (χ1n) is 7.76. The van der Waals surface area contributed by atoms with Crippen molar-refractivity contribution in [3.8, 4) is 0 Å². The van der Waals surface area contributed by atoms with Crippen LogP contribution >= 0.6 is 0 Å². The Kier molecular flexibility index (Phi) is 4.42. The molecule has 0 atom stereocenters. The second-order valence-electron chi connectivity index (χ2n) is 5.51. The maximum Gasteiger partial charge on any atom is 0.340 e.